The first-order valence-electron chi connectivity index (χ1n) is 10.2. The van der Waals surface area contributed by atoms with Crippen molar-refractivity contribution in [3.63, 3.8) is 0 Å². The fraction of sp³-hybridized carbons (Fsp3) is 0.391. The molecule has 0 saturated heterocycles. The third kappa shape index (κ3) is 6.62. The highest BCUT2D eigenvalue weighted by Crippen LogP contribution is 2.35. The maximum absolute atomic E-state index is 9.22. The van der Waals surface area contributed by atoms with Crippen molar-refractivity contribution >= 4 is 16.1 Å². The minimum atomic E-state index is -4.41. The number of rotatable bonds is 6. The summed E-state index contributed by atoms with van der Waals surface area (Å²) >= 11 is 0. The monoisotopic (exact) mass is 448 g/mol. The second kappa shape index (κ2) is 10.9. The highest BCUT2D eigenvalue weighted by Gasteiger charge is 2.42. The summed E-state index contributed by atoms with van der Waals surface area (Å²) in [6.45, 7) is 7.19. The molecule has 1 heterocycles. The van der Waals surface area contributed by atoms with Crippen LogP contribution in [0.5, 0.6) is 0 Å². The maximum atomic E-state index is 9.22. The molecule has 0 amide bonds. The SMILES string of the molecule is CCCOC1=C(c2cccc(C)c2)[NH+](C)N(C)C1c1cccc(C)c1.COS(=O)(=O)[O-]. The Hall–Kier alpha value is -2.23. The summed E-state index contributed by atoms with van der Waals surface area (Å²) in [5.74, 6) is 1.08. The van der Waals surface area contributed by atoms with Crippen LogP contribution in [-0.4, -0.2) is 45.8 Å². The highest BCUT2D eigenvalue weighted by molar-refractivity contribution is 7.80. The molecular weight excluding hydrogens is 416 g/mol. The molecule has 8 heteroatoms. The van der Waals surface area contributed by atoms with E-state index in [0.29, 0.717) is 0 Å². The van der Waals surface area contributed by atoms with Crippen molar-refractivity contribution in [2.24, 2.45) is 0 Å². The average molecular weight is 449 g/mol. The van der Waals surface area contributed by atoms with Crippen LogP contribution in [0.15, 0.2) is 54.3 Å². The maximum Gasteiger partial charge on any atom is 0.217 e. The molecule has 0 saturated carbocycles. The van der Waals surface area contributed by atoms with Crippen LogP contribution in [0.25, 0.3) is 5.70 Å². The van der Waals surface area contributed by atoms with E-state index in [9.17, 15) is 13.0 Å². The van der Waals surface area contributed by atoms with Crippen LogP contribution >= 0.6 is 0 Å². The van der Waals surface area contributed by atoms with Gasteiger partial charge in [-0.1, -0.05) is 54.4 Å². The molecule has 1 aliphatic rings. The molecule has 7 nitrogen and oxygen atoms in total. The van der Waals surface area contributed by atoms with E-state index in [0.717, 1.165) is 25.9 Å². The van der Waals surface area contributed by atoms with Gasteiger partial charge in [-0.15, -0.1) is 5.01 Å². The van der Waals surface area contributed by atoms with Crippen molar-refractivity contribution in [1.29, 1.82) is 0 Å². The minimum absolute atomic E-state index is 0.141. The molecule has 2 unspecified atom stereocenters. The Labute approximate surface area is 185 Å². The van der Waals surface area contributed by atoms with Crippen molar-refractivity contribution in [3.8, 4) is 0 Å². The predicted molar refractivity (Wildman–Crippen MR) is 120 cm³/mol. The fourth-order valence-corrected chi connectivity index (χ4v) is 3.59. The zero-order valence-corrected chi connectivity index (χ0v) is 19.8. The van der Waals surface area contributed by atoms with E-state index in [1.54, 1.807) is 0 Å². The largest absolute Gasteiger partial charge is 0.726 e. The molecule has 2 aromatic carbocycles. The number of likely N-dealkylation sites (N-methyl/N-ethyl adjacent to an activating group) is 1. The van der Waals surface area contributed by atoms with Crippen LogP contribution in [0.4, 0.5) is 0 Å². The fourth-order valence-electron chi connectivity index (χ4n) is 3.59. The number of ether oxygens (including phenoxy) is 1. The van der Waals surface area contributed by atoms with Crippen molar-refractivity contribution in [2.75, 3.05) is 27.8 Å². The van der Waals surface area contributed by atoms with E-state index in [-0.39, 0.29) is 6.04 Å². The van der Waals surface area contributed by atoms with E-state index in [1.807, 2.05) is 0 Å². The average Bonchev–Trinajstić information content (AvgIpc) is 2.96. The Kier molecular flexibility index (Phi) is 8.79. The minimum Gasteiger partial charge on any atom is -0.726 e. The van der Waals surface area contributed by atoms with Gasteiger partial charge in [0, 0.05) is 12.6 Å². The van der Waals surface area contributed by atoms with Gasteiger partial charge in [-0.3, -0.25) is 4.18 Å². The van der Waals surface area contributed by atoms with Crippen molar-refractivity contribution < 1.29 is 26.9 Å². The van der Waals surface area contributed by atoms with Gasteiger partial charge in [-0.2, -0.15) is 0 Å². The summed E-state index contributed by atoms with van der Waals surface area (Å²) in [6, 6.07) is 17.6. The molecule has 0 bridgehead atoms. The van der Waals surface area contributed by atoms with Crippen LogP contribution in [0.3, 0.4) is 0 Å². The molecule has 1 aliphatic heterocycles. The number of hydrogen-bond donors (Lipinski definition) is 1. The Morgan fingerprint density at radius 2 is 1.68 bits per heavy atom. The third-order valence-corrected chi connectivity index (χ3v) is 5.51. The normalized spacial score (nSPS) is 19.2. The van der Waals surface area contributed by atoms with E-state index in [2.05, 4.69) is 92.6 Å². The van der Waals surface area contributed by atoms with Crippen LogP contribution in [0, 0.1) is 13.8 Å². The Balaban J connectivity index is 0.000000501. The Morgan fingerprint density at radius 3 is 2.19 bits per heavy atom. The molecule has 0 aliphatic carbocycles. The lowest BCUT2D eigenvalue weighted by atomic mass is 10.0. The summed E-state index contributed by atoms with van der Waals surface area (Å²) in [6.07, 6.45) is 1.01. The number of benzene rings is 2. The summed E-state index contributed by atoms with van der Waals surface area (Å²) in [5, 5.41) is 3.61. The quantitative estimate of drug-likeness (QED) is 0.540. The molecule has 170 valence electrons. The Morgan fingerprint density at radius 1 is 1.10 bits per heavy atom. The number of nitrogens with zero attached hydrogens (tertiary/aromatic N) is 1. The molecule has 2 aromatic rings. The topological polar surface area (TPSA) is 83.3 Å². The van der Waals surface area contributed by atoms with E-state index in [4.69, 9.17) is 4.74 Å². The lowest BCUT2D eigenvalue weighted by Gasteiger charge is -2.23. The molecule has 0 aromatic heterocycles. The number of nitrogens with one attached hydrogen (secondary N) is 1. The highest BCUT2D eigenvalue weighted by atomic mass is 32.3. The van der Waals surface area contributed by atoms with Crippen molar-refractivity contribution in [3.05, 3.63) is 76.5 Å². The number of hydrogen-bond acceptors (Lipinski definition) is 6. The van der Waals surface area contributed by atoms with Gasteiger partial charge in [-0.25, -0.2) is 13.4 Å². The van der Waals surface area contributed by atoms with Gasteiger partial charge in [-0.05, 0) is 38.0 Å². The van der Waals surface area contributed by atoms with Gasteiger partial charge in [0.25, 0.3) is 0 Å². The predicted octanol–water partition coefficient (Wildman–Crippen LogP) is 2.61. The van der Waals surface area contributed by atoms with E-state index in [1.165, 1.54) is 33.0 Å². The summed E-state index contributed by atoms with van der Waals surface area (Å²) in [7, 11) is 0.760. The second-order valence-electron chi connectivity index (χ2n) is 7.55. The summed E-state index contributed by atoms with van der Waals surface area (Å²) in [5.41, 5.74) is 6.32. The molecule has 0 spiro atoms. The van der Waals surface area contributed by atoms with Crippen LogP contribution < -0.4 is 5.01 Å². The third-order valence-electron chi connectivity index (χ3n) is 5.10. The van der Waals surface area contributed by atoms with Crippen LogP contribution in [-0.2, 0) is 19.3 Å². The first kappa shape index (κ1) is 25.0. The van der Waals surface area contributed by atoms with Gasteiger partial charge in [0.05, 0.1) is 20.8 Å². The lowest BCUT2D eigenvalue weighted by molar-refractivity contribution is -0.928. The Bertz CT molecular complexity index is 1020. The zero-order valence-electron chi connectivity index (χ0n) is 19.0. The summed E-state index contributed by atoms with van der Waals surface area (Å²) < 4.78 is 37.3. The standard InChI is InChI=1S/C22H28N2O.CH4O4S/c1-6-13-25-22-20(18-11-7-9-16(2)14-18)23(4)24(5)21(22)19-12-8-10-17(3)15-19;1-5-6(2,3)4/h7-12,14-15,20H,6,13H2,1-5H3;1H3,(H,2,3,4). The second-order valence-corrected chi connectivity index (χ2v) is 8.69. The molecule has 1 N–H and O–H groups in total. The molecule has 3 rings (SSSR count). The van der Waals surface area contributed by atoms with Crippen molar-refractivity contribution in [2.45, 2.75) is 33.2 Å². The first-order chi connectivity index (χ1) is 14.6. The first-order valence-corrected chi connectivity index (χ1v) is 11.5. The molecule has 0 fully saturated rings. The van der Waals surface area contributed by atoms with Gasteiger partial charge >= 0.3 is 0 Å². The van der Waals surface area contributed by atoms with Gasteiger partial charge in [0.15, 0.2) is 11.5 Å². The van der Waals surface area contributed by atoms with Crippen LogP contribution in [0.1, 0.15) is 41.6 Å². The zero-order chi connectivity index (χ0) is 23.2. The summed E-state index contributed by atoms with van der Waals surface area (Å²) in [4.78, 5) is 0. The van der Waals surface area contributed by atoms with Crippen molar-refractivity contribution in [1.82, 2.24) is 5.01 Å². The van der Waals surface area contributed by atoms with Gasteiger partial charge in [0.1, 0.15) is 6.04 Å². The smallest absolute Gasteiger partial charge is 0.217 e. The number of quaternary nitrogens is 1. The molecule has 31 heavy (non-hydrogen) atoms. The molecular formula is C23H32N2O5S. The van der Waals surface area contributed by atoms with Crippen LogP contribution in [0.2, 0.25) is 0 Å². The molecule has 0 radical (unpaired) electrons. The van der Waals surface area contributed by atoms with Gasteiger partial charge < -0.3 is 9.29 Å². The number of aryl methyl sites for hydroxylation is 2. The van der Waals surface area contributed by atoms with Gasteiger partial charge in [0.2, 0.25) is 10.4 Å². The van der Waals surface area contributed by atoms with E-state index >= 15 is 0 Å². The van der Waals surface area contributed by atoms with E-state index < -0.39 is 10.4 Å². The molecule has 2 atom stereocenters. The lowest BCUT2D eigenvalue weighted by Crippen LogP contribution is -3.11.